The van der Waals surface area contributed by atoms with E-state index in [1.807, 2.05) is 12.1 Å². The molecule has 1 fully saturated rings. The third kappa shape index (κ3) is 1.70. The lowest BCUT2D eigenvalue weighted by molar-refractivity contribution is -0.134. The van der Waals surface area contributed by atoms with Gasteiger partial charge in [0, 0.05) is 11.1 Å². The molecule has 1 aromatic rings. The zero-order valence-electron chi connectivity index (χ0n) is 8.95. The minimum absolute atomic E-state index is 0.300. The third-order valence-electron chi connectivity index (χ3n) is 3.54. The maximum atomic E-state index is 11.5. The number of amides is 1. The predicted octanol–water partition coefficient (Wildman–Crippen LogP) is 2.00. The first-order valence-electron chi connectivity index (χ1n) is 5.37. The largest absolute Gasteiger partial charge is 0.369 e. The van der Waals surface area contributed by atoms with Crippen LogP contribution in [0.1, 0.15) is 30.9 Å². The number of carbonyl (C=O) groups is 1. The molecule has 1 atom stereocenters. The molecule has 0 bridgehead atoms. The molecule has 16 heavy (non-hydrogen) atoms. The van der Waals surface area contributed by atoms with Gasteiger partial charge in [0.05, 0.1) is 5.41 Å². The molecule has 4 heteroatoms. The first-order chi connectivity index (χ1) is 7.56. The van der Waals surface area contributed by atoms with Gasteiger partial charge in [0.15, 0.2) is 0 Å². The van der Waals surface area contributed by atoms with Crippen molar-refractivity contribution in [2.75, 3.05) is 0 Å². The van der Waals surface area contributed by atoms with E-state index in [9.17, 15) is 4.79 Å². The number of halogens is 1. The zero-order valence-corrected chi connectivity index (χ0v) is 9.70. The Hall–Kier alpha value is -1.06. The molecule has 1 amide bonds. The van der Waals surface area contributed by atoms with Crippen LogP contribution >= 0.6 is 11.6 Å². The van der Waals surface area contributed by atoms with Crippen LogP contribution in [0.15, 0.2) is 24.3 Å². The Bertz CT molecular complexity index is 415. The van der Waals surface area contributed by atoms with Crippen LogP contribution in [0.5, 0.6) is 0 Å². The maximum absolute atomic E-state index is 11.5. The lowest BCUT2D eigenvalue weighted by Gasteiger charge is -2.43. The van der Waals surface area contributed by atoms with Crippen molar-refractivity contribution >= 4 is 17.5 Å². The maximum Gasteiger partial charge on any atom is 0.225 e. The molecule has 0 aliphatic heterocycles. The molecule has 1 aliphatic carbocycles. The summed E-state index contributed by atoms with van der Waals surface area (Å²) in [5.74, 6) is -0.300. The Morgan fingerprint density at radius 2 is 2.12 bits per heavy atom. The molecule has 2 rings (SSSR count). The van der Waals surface area contributed by atoms with E-state index in [0.717, 1.165) is 24.8 Å². The quantitative estimate of drug-likeness (QED) is 0.846. The summed E-state index contributed by atoms with van der Waals surface area (Å²) >= 11 is 5.91. The summed E-state index contributed by atoms with van der Waals surface area (Å²) < 4.78 is 0. The Morgan fingerprint density at radius 3 is 2.56 bits per heavy atom. The van der Waals surface area contributed by atoms with E-state index in [0.29, 0.717) is 5.02 Å². The number of hydrogen-bond donors (Lipinski definition) is 2. The van der Waals surface area contributed by atoms with Gasteiger partial charge < -0.3 is 11.5 Å². The second-order valence-corrected chi connectivity index (χ2v) is 4.84. The van der Waals surface area contributed by atoms with Crippen molar-refractivity contribution in [3.8, 4) is 0 Å². The van der Waals surface area contributed by atoms with Crippen molar-refractivity contribution in [2.24, 2.45) is 16.9 Å². The van der Waals surface area contributed by atoms with Gasteiger partial charge in [-0.15, -0.1) is 0 Å². The van der Waals surface area contributed by atoms with Gasteiger partial charge in [-0.05, 0) is 30.5 Å². The summed E-state index contributed by atoms with van der Waals surface area (Å²) in [6.45, 7) is 0. The molecular formula is C12H15ClN2O. The summed E-state index contributed by atoms with van der Waals surface area (Å²) in [5.41, 5.74) is 11.9. The highest BCUT2D eigenvalue weighted by Gasteiger charge is 2.48. The Balaban J connectivity index is 2.30. The van der Waals surface area contributed by atoms with Gasteiger partial charge in [0.25, 0.3) is 0 Å². The van der Waals surface area contributed by atoms with Crippen LogP contribution in [-0.2, 0) is 4.79 Å². The van der Waals surface area contributed by atoms with Gasteiger partial charge in [0.1, 0.15) is 0 Å². The summed E-state index contributed by atoms with van der Waals surface area (Å²) in [5, 5.41) is 0.631. The van der Waals surface area contributed by atoms with E-state index in [4.69, 9.17) is 23.1 Å². The van der Waals surface area contributed by atoms with Crippen LogP contribution in [0, 0.1) is 5.41 Å². The van der Waals surface area contributed by atoms with Gasteiger partial charge in [-0.3, -0.25) is 4.79 Å². The summed E-state index contributed by atoms with van der Waals surface area (Å²) in [6.07, 6.45) is 2.56. The molecule has 1 unspecified atom stereocenters. The van der Waals surface area contributed by atoms with Crippen LogP contribution in [0.3, 0.4) is 0 Å². The van der Waals surface area contributed by atoms with Crippen molar-refractivity contribution in [3.63, 3.8) is 0 Å². The van der Waals surface area contributed by atoms with Crippen LogP contribution < -0.4 is 11.5 Å². The first kappa shape index (κ1) is 11.4. The van der Waals surface area contributed by atoms with E-state index in [1.54, 1.807) is 12.1 Å². The topological polar surface area (TPSA) is 69.1 Å². The highest BCUT2D eigenvalue weighted by molar-refractivity contribution is 6.30. The van der Waals surface area contributed by atoms with E-state index < -0.39 is 5.41 Å². The number of benzene rings is 1. The number of nitrogens with two attached hydrogens (primary N) is 2. The van der Waals surface area contributed by atoms with Crippen molar-refractivity contribution in [3.05, 3.63) is 34.9 Å². The first-order valence-corrected chi connectivity index (χ1v) is 5.75. The fraction of sp³-hybridized carbons (Fsp3) is 0.417. The smallest absolute Gasteiger partial charge is 0.225 e. The minimum atomic E-state index is -0.565. The molecule has 1 aliphatic rings. The highest BCUT2D eigenvalue weighted by Crippen LogP contribution is 2.49. The number of carbonyl (C=O) groups excluding carboxylic acids is 1. The zero-order chi connectivity index (χ0) is 11.8. The summed E-state index contributed by atoms with van der Waals surface area (Å²) in [6, 6.07) is 6.97. The number of rotatable bonds is 3. The molecule has 0 radical (unpaired) electrons. The van der Waals surface area contributed by atoms with Gasteiger partial charge in [-0.2, -0.15) is 0 Å². The fourth-order valence-electron chi connectivity index (χ4n) is 2.29. The molecule has 86 valence electrons. The Morgan fingerprint density at radius 1 is 1.44 bits per heavy atom. The summed E-state index contributed by atoms with van der Waals surface area (Å²) in [7, 11) is 0. The molecule has 3 nitrogen and oxygen atoms in total. The third-order valence-corrected chi connectivity index (χ3v) is 3.77. The molecule has 1 aromatic carbocycles. The monoisotopic (exact) mass is 238 g/mol. The highest BCUT2D eigenvalue weighted by atomic mass is 35.5. The van der Waals surface area contributed by atoms with Gasteiger partial charge >= 0.3 is 0 Å². The molecule has 0 heterocycles. The molecular weight excluding hydrogens is 224 g/mol. The van der Waals surface area contributed by atoms with Gasteiger partial charge in [-0.1, -0.05) is 30.2 Å². The SMILES string of the molecule is NC(=O)C1(C(N)c2cccc(Cl)c2)CCC1. The lowest BCUT2D eigenvalue weighted by Crippen LogP contribution is -2.50. The van der Waals surface area contributed by atoms with Crippen molar-refractivity contribution in [2.45, 2.75) is 25.3 Å². The normalized spacial score (nSPS) is 19.9. The van der Waals surface area contributed by atoms with Crippen LogP contribution in [0.25, 0.3) is 0 Å². The minimum Gasteiger partial charge on any atom is -0.369 e. The lowest BCUT2D eigenvalue weighted by atomic mass is 9.62. The van der Waals surface area contributed by atoms with Crippen molar-refractivity contribution in [1.29, 1.82) is 0 Å². The van der Waals surface area contributed by atoms with Crippen molar-refractivity contribution in [1.82, 2.24) is 0 Å². The van der Waals surface area contributed by atoms with E-state index >= 15 is 0 Å². The van der Waals surface area contributed by atoms with Crippen LogP contribution in [0.2, 0.25) is 5.02 Å². The Labute approximate surface area is 99.8 Å². The van der Waals surface area contributed by atoms with E-state index in [-0.39, 0.29) is 11.9 Å². The second-order valence-electron chi connectivity index (χ2n) is 4.41. The van der Waals surface area contributed by atoms with E-state index in [1.165, 1.54) is 0 Å². The molecule has 4 N–H and O–H groups in total. The van der Waals surface area contributed by atoms with Crippen LogP contribution in [0.4, 0.5) is 0 Å². The molecule has 0 aromatic heterocycles. The predicted molar refractivity (Wildman–Crippen MR) is 63.9 cm³/mol. The molecule has 0 spiro atoms. The Kier molecular flexibility index (Phi) is 2.91. The molecule has 0 saturated heterocycles. The second kappa shape index (κ2) is 4.07. The number of primary amides is 1. The van der Waals surface area contributed by atoms with E-state index in [2.05, 4.69) is 0 Å². The van der Waals surface area contributed by atoms with Crippen LogP contribution in [-0.4, -0.2) is 5.91 Å². The average molecular weight is 239 g/mol. The molecule has 1 saturated carbocycles. The van der Waals surface area contributed by atoms with Gasteiger partial charge in [-0.25, -0.2) is 0 Å². The summed E-state index contributed by atoms with van der Waals surface area (Å²) in [4.78, 5) is 11.5. The average Bonchev–Trinajstić information content (AvgIpc) is 2.15. The van der Waals surface area contributed by atoms with Gasteiger partial charge in [0.2, 0.25) is 5.91 Å². The fourth-order valence-corrected chi connectivity index (χ4v) is 2.49. The standard InChI is InChI=1S/C12H15ClN2O/c13-9-4-1-3-8(7-9)10(14)12(11(15)16)5-2-6-12/h1,3-4,7,10H,2,5-6,14H2,(H2,15,16). The number of hydrogen-bond acceptors (Lipinski definition) is 2. The van der Waals surface area contributed by atoms with Crippen molar-refractivity contribution < 1.29 is 4.79 Å².